The predicted molar refractivity (Wildman–Crippen MR) is 75.6 cm³/mol. The summed E-state index contributed by atoms with van der Waals surface area (Å²) in [7, 11) is 0. The van der Waals surface area contributed by atoms with Crippen molar-refractivity contribution in [2.24, 2.45) is 5.73 Å². The molecule has 0 radical (unpaired) electrons. The first-order chi connectivity index (χ1) is 9.15. The second-order valence-corrected chi connectivity index (χ2v) is 5.52. The number of benzene rings is 2. The molecule has 0 saturated heterocycles. The van der Waals surface area contributed by atoms with E-state index in [0.717, 1.165) is 17.7 Å². The van der Waals surface area contributed by atoms with Crippen LogP contribution < -0.4 is 10.5 Å². The smallest absolute Gasteiger partial charge is 0.137 e. The van der Waals surface area contributed by atoms with Gasteiger partial charge in [-0.1, -0.05) is 24.3 Å². The molecule has 0 spiro atoms. The highest BCUT2D eigenvalue weighted by Gasteiger charge is 2.29. The van der Waals surface area contributed by atoms with Gasteiger partial charge < -0.3 is 10.5 Å². The lowest BCUT2D eigenvalue weighted by Crippen LogP contribution is -2.30. The van der Waals surface area contributed by atoms with Gasteiger partial charge in [0, 0.05) is 6.42 Å². The molecular formula is C15H13BrFNO. The molecule has 2 aromatic carbocycles. The van der Waals surface area contributed by atoms with Gasteiger partial charge in [-0.3, -0.25) is 0 Å². The molecule has 0 saturated carbocycles. The normalized spacial score (nSPS) is 18.8. The minimum absolute atomic E-state index is 0.102. The van der Waals surface area contributed by atoms with Gasteiger partial charge in [0.15, 0.2) is 0 Å². The van der Waals surface area contributed by atoms with Crippen LogP contribution in [0.5, 0.6) is 5.75 Å². The minimum atomic E-state index is -0.286. The van der Waals surface area contributed by atoms with Crippen LogP contribution in [0.1, 0.15) is 17.2 Å². The Hall–Kier alpha value is -1.39. The second kappa shape index (κ2) is 4.94. The van der Waals surface area contributed by atoms with Gasteiger partial charge in [0.25, 0.3) is 0 Å². The van der Waals surface area contributed by atoms with Crippen molar-refractivity contribution in [3.8, 4) is 5.75 Å². The topological polar surface area (TPSA) is 35.2 Å². The summed E-state index contributed by atoms with van der Waals surface area (Å²) in [5.41, 5.74) is 8.27. The molecule has 0 amide bonds. The Labute approximate surface area is 119 Å². The summed E-state index contributed by atoms with van der Waals surface area (Å²) < 4.78 is 19.5. The Morgan fingerprint density at radius 3 is 2.79 bits per heavy atom. The molecule has 2 unspecified atom stereocenters. The number of para-hydroxylation sites is 1. The molecule has 0 aromatic heterocycles. The number of ether oxygens (including phenoxy) is 1. The fourth-order valence-electron chi connectivity index (χ4n) is 2.34. The Balaban J connectivity index is 1.82. The summed E-state index contributed by atoms with van der Waals surface area (Å²) >= 11 is 3.18. The van der Waals surface area contributed by atoms with E-state index in [9.17, 15) is 4.39 Å². The van der Waals surface area contributed by atoms with Crippen LogP contribution in [0, 0.1) is 5.82 Å². The molecule has 1 aliphatic heterocycles. The van der Waals surface area contributed by atoms with Gasteiger partial charge in [0.2, 0.25) is 0 Å². The van der Waals surface area contributed by atoms with Crippen LogP contribution in [0.2, 0.25) is 0 Å². The molecule has 0 aliphatic carbocycles. The van der Waals surface area contributed by atoms with Crippen LogP contribution in [-0.2, 0) is 6.42 Å². The first-order valence-electron chi connectivity index (χ1n) is 6.10. The second-order valence-electron chi connectivity index (χ2n) is 4.67. The number of hydrogen-bond acceptors (Lipinski definition) is 2. The van der Waals surface area contributed by atoms with E-state index >= 15 is 0 Å². The molecule has 0 bridgehead atoms. The van der Waals surface area contributed by atoms with Crippen LogP contribution in [0.4, 0.5) is 4.39 Å². The van der Waals surface area contributed by atoms with E-state index in [2.05, 4.69) is 15.9 Å². The van der Waals surface area contributed by atoms with E-state index in [-0.39, 0.29) is 18.0 Å². The predicted octanol–water partition coefficient (Wildman–Crippen LogP) is 3.59. The average Bonchev–Trinajstić information content (AvgIpc) is 2.85. The fraction of sp³-hybridized carbons (Fsp3) is 0.200. The maximum Gasteiger partial charge on any atom is 0.137 e. The lowest BCUT2D eigenvalue weighted by atomic mass is 9.98. The van der Waals surface area contributed by atoms with Gasteiger partial charge >= 0.3 is 0 Å². The molecule has 0 fully saturated rings. The first-order valence-corrected chi connectivity index (χ1v) is 6.89. The van der Waals surface area contributed by atoms with Gasteiger partial charge in [-0.05, 0) is 45.3 Å². The largest absolute Gasteiger partial charge is 0.488 e. The number of fused-ring (bicyclic) bond motifs is 1. The Bertz CT molecular complexity index is 592. The zero-order chi connectivity index (χ0) is 13.4. The van der Waals surface area contributed by atoms with Crippen molar-refractivity contribution in [2.45, 2.75) is 18.6 Å². The summed E-state index contributed by atoms with van der Waals surface area (Å²) in [5, 5.41) is 0. The molecule has 1 aliphatic rings. The average molecular weight is 322 g/mol. The minimum Gasteiger partial charge on any atom is -0.488 e. The van der Waals surface area contributed by atoms with E-state index in [1.807, 2.05) is 24.3 Å². The number of nitrogens with two attached hydrogens (primary N) is 1. The molecule has 2 aromatic rings. The summed E-state index contributed by atoms with van der Waals surface area (Å²) in [4.78, 5) is 0. The van der Waals surface area contributed by atoms with Crippen molar-refractivity contribution in [1.82, 2.24) is 0 Å². The van der Waals surface area contributed by atoms with E-state index in [1.165, 1.54) is 11.6 Å². The summed E-state index contributed by atoms with van der Waals surface area (Å²) in [6.45, 7) is 0. The van der Waals surface area contributed by atoms with Crippen molar-refractivity contribution in [3.63, 3.8) is 0 Å². The maximum absolute atomic E-state index is 13.2. The molecule has 2 N–H and O–H groups in total. The lowest BCUT2D eigenvalue weighted by Gasteiger charge is -2.19. The van der Waals surface area contributed by atoms with Crippen LogP contribution in [0.25, 0.3) is 0 Å². The quantitative estimate of drug-likeness (QED) is 0.917. The molecular weight excluding hydrogens is 309 g/mol. The zero-order valence-corrected chi connectivity index (χ0v) is 11.7. The van der Waals surface area contributed by atoms with Crippen LogP contribution in [-0.4, -0.2) is 6.10 Å². The van der Waals surface area contributed by atoms with Crippen LogP contribution in [0.15, 0.2) is 46.9 Å². The Kier molecular flexibility index (Phi) is 3.29. The molecule has 3 rings (SSSR count). The Morgan fingerprint density at radius 2 is 2.05 bits per heavy atom. The van der Waals surface area contributed by atoms with E-state index in [1.54, 1.807) is 12.1 Å². The molecule has 19 heavy (non-hydrogen) atoms. The van der Waals surface area contributed by atoms with E-state index in [4.69, 9.17) is 10.5 Å². The van der Waals surface area contributed by atoms with E-state index in [0.29, 0.717) is 4.47 Å². The summed E-state index contributed by atoms with van der Waals surface area (Å²) in [6, 6.07) is 12.5. The lowest BCUT2D eigenvalue weighted by molar-refractivity contribution is 0.199. The molecule has 2 nitrogen and oxygen atoms in total. The third-order valence-corrected chi connectivity index (χ3v) is 4.01. The van der Waals surface area contributed by atoms with Gasteiger partial charge in [-0.25, -0.2) is 4.39 Å². The SMILES string of the molecule is NC(c1ccc(F)c(Br)c1)C1Cc2ccccc2O1. The standard InChI is InChI=1S/C15H13BrFNO/c16-11-7-10(5-6-12(11)17)15(18)14-8-9-3-1-2-4-13(9)19-14/h1-7,14-15H,8,18H2. The van der Waals surface area contributed by atoms with Crippen LogP contribution >= 0.6 is 15.9 Å². The Morgan fingerprint density at radius 1 is 1.26 bits per heavy atom. The van der Waals surface area contributed by atoms with Crippen molar-refractivity contribution >= 4 is 15.9 Å². The van der Waals surface area contributed by atoms with Crippen molar-refractivity contribution in [1.29, 1.82) is 0 Å². The van der Waals surface area contributed by atoms with Gasteiger partial charge in [-0.15, -0.1) is 0 Å². The van der Waals surface area contributed by atoms with Crippen LogP contribution in [0.3, 0.4) is 0 Å². The number of rotatable bonds is 2. The highest BCUT2D eigenvalue weighted by atomic mass is 79.9. The highest BCUT2D eigenvalue weighted by Crippen LogP contribution is 2.33. The number of hydrogen-bond donors (Lipinski definition) is 1. The fourth-order valence-corrected chi connectivity index (χ4v) is 2.74. The van der Waals surface area contributed by atoms with Crippen molar-refractivity contribution in [3.05, 3.63) is 63.9 Å². The van der Waals surface area contributed by atoms with E-state index < -0.39 is 0 Å². The van der Waals surface area contributed by atoms with Crippen molar-refractivity contribution in [2.75, 3.05) is 0 Å². The molecule has 98 valence electrons. The highest BCUT2D eigenvalue weighted by molar-refractivity contribution is 9.10. The molecule has 2 atom stereocenters. The zero-order valence-electron chi connectivity index (χ0n) is 10.1. The summed E-state index contributed by atoms with van der Waals surface area (Å²) in [6.07, 6.45) is 0.682. The van der Waals surface area contributed by atoms with Gasteiger partial charge in [-0.2, -0.15) is 0 Å². The first kappa shape index (κ1) is 12.6. The third kappa shape index (κ3) is 2.38. The monoisotopic (exact) mass is 321 g/mol. The summed E-state index contributed by atoms with van der Waals surface area (Å²) in [5.74, 6) is 0.607. The molecule has 4 heteroatoms. The third-order valence-electron chi connectivity index (χ3n) is 3.40. The van der Waals surface area contributed by atoms with Crippen molar-refractivity contribution < 1.29 is 9.13 Å². The number of halogens is 2. The van der Waals surface area contributed by atoms with Gasteiger partial charge in [0.05, 0.1) is 10.5 Å². The van der Waals surface area contributed by atoms with Gasteiger partial charge in [0.1, 0.15) is 17.7 Å². The molecule has 1 heterocycles. The maximum atomic E-state index is 13.2.